The zero-order chi connectivity index (χ0) is 21.9. The van der Waals surface area contributed by atoms with E-state index in [1.165, 1.54) is 0 Å². The van der Waals surface area contributed by atoms with E-state index in [-0.39, 0.29) is 11.9 Å². The molecule has 0 radical (unpaired) electrons. The van der Waals surface area contributed by atoms with Crippen LogP contribution in [0.15, 0.2) is 85.1 Å². The van der Waals surface area contributed by atoms with Crippen LogP contribution in [0, 0.1) is 0 Å². The van der Waals surface area contributed by atoms with Gasteiger partial charge in [0.1, 0.15) is 17.2 Å². The fourth-order valence-electron chi connectivity index (χ4n) is 4.02. The zero-order valence-electron chi connectivity index (χ0n) is 17.7. The Balaban J connectivity index is 1.55. The Hall–Kier alpha value is -4.06. The molecule has 1 unspecified atom stereocenters. The highest BCUT2D eigenvalue weighted by Crippen LogP contribution is 2.34. The summed E-state index contributed by atoms with van der Waals surface area (Å²) in [5.41, 5.74) is 3.69. The number of carbonyl (C=O) groups is 1. The standard InChI is InChI=1S/C26H23N3O3/c1-31-23-13-7-6-12-20(23)25-21(17-29(28-25)18-9-3-2-4-10-18)26(30)27-22-15-16-32-24-14-8-5-11-19(22)24/h2-14,17,22H,15-16H2,1H3,(H,27,30). The first-order chi connectivity index (χ1) is 15.7. The number of hydrogen-bond acceptors (Lipinski definition) is 4. The summed E-state index contributed by atoms with van der Waals surface area (Å²) >= 11 is 0. The molecule has 0 aliphatic carbocycles. The van der Waals surface area contributed by atoms with Crippen LogP contribution < -0.4 is 14.8 Å². The fraction of sp³-hybridized carbons (Fsp3) is 0.154. The van der Waals surface area contributed by atoms with Crippen molar-refractivity contribution < 1.29 is 14.3 Å². The average molecular weight is 425 g/mol. The first-order valence-electron chi connectivity index (χ1n) is 10.6. The lowest BCUT2D eigenvalue weighted by Crippen LogP contribution is -2.32. The molecule has 5 rings (SSSR count). The Morgan fingerprint density at radius 2 is 1.78 bits per heavy atom. The Morgan fingerprint density at radius 3 is 2.62 bits per heavy atom. The minimum Gasteiger partial charge on any atom is -0.496 e. The minimum absolute atomic E-state index is 0.127. The zero-order valence-corrected chi connectivity index (χ0v) is 17.7. The fourth-order valence-corrected chi connectivity index (χ4v) is 4.02. The summed E-state index contributed by atoms with van der Waals surface area (Å²) in [5, 5.41) is 7.96. The van der Waals surface area contributed by atoms with E-state index >= 15 is 0 Å². The first kappa shape index (κ1) is 19.9. The molecule has 1 aliphatic rings. The van der Waals surface area contributed by atoms with Gasteiger partial charge in [-0.3, -0.25) is 4.79 Å². The summed E-state index contributed by atoms with van der Waals surface area (Å²) < 4.78 is 13.0. The molecule has 6 nitrogen and oxygen atoms in total. The molecule has 1 amide bonds. The molecule has 1 aromatic heterocycles. The second-order valence-corrected chi connectivity index (χ2v) is 7.57. The van der Waals surface area contributed by atoms with Gasteiger partial charge in [0.2, 0.25) is 0 Å². The van der Waals surface area contributed by atoms with E-state index in [4.69, 9.17) is 14.6 Å². The first-order valence-corrected chi connectivity index (χ1v) is 10.6. The summed E-state index contributed by atoms with van der Waals surface area (Å²) in [5.74, 6) is 1.29. The number of nitrogens with zero attached hydrogens (tertiary/aromatic N) is 2. The lowest BCUT2D eigenvalue weighted by molar-refractivity contribution is 0.0925. The lowest BCUT2D eigenvalue weighted by atomic mass is 9.99. The molecule has 160 valence electrons. The molecule has 6 heteroatoms. The van der Waals surface area contributed by atoms with Crippen LogP contribution in [0.3, 0.4) is 0 Å². The SMILES string of the molecule is COc1ccccc1-c1nn(-c2ccccc2)cc1C(=O)NC1CCOc2ccccc21. The molecular formula is C26H23N3O3. The van der Waals surface area contributed by atoms with Gasteiger partial charge in [-0.15, -0.1) is 0 Å². The van der Waals surface area contributed by atoms with E-state index in [1.807, 2.05) is 78.9 Å². The Morgan fingerprint density at radius 1 is 1.03 bits per heavy atom. The van der Waals surface area contributed by atoms with Gasteiger partial charge >= 0.3 is 0 Å². The number of aromatic nitrogens is 2. The van der Waals surface area contributed by atoms with Crippen molar-refractivity contribution in [1.29, 1.82) is 0 Å². The number of rotatable bonds is 5. The van der Waals surface area contributed by atoms with Gasteiger partial charge in [-0.25, -0.2) is 4.68 Å². The van der Waals surface area contributed by atoms with Gasteiger partial charge in [0.25, 0.3) is 5.91 Å². The van der Waals surface area contributed by atoms with Crippen LogP contribution in [0.5, 0.6) is 11.5 Å². The van der Waals surface area contributed by atoms with Gasteiger partial charge in [-0.1, -0.05) is 48.5 Å². The summed E-state index contributed by atoms with van der Waals surface area (Å²) in [6.07, 6.45) is 2.48. The van der Waals surface area contributed by atoms with Crippen molar-refractivity contribution in [3.63, 3.8) is 0 Å². The van der Waals surface area contributed by atoms with Crippen LogP contribution >= 0.6 is 0 Å². The maximum Gasteiger partial charge on any atom is 0.255 e. The number of hydrogen-bond donors (Lipinski definition) is 1. The summed E-state index contributed by atoms with van der Waals surface area (Å²) in [4.78, 5) is 13.5. The number of carbonyl (C=O) groups excluding carboxylic acids is 1. The maximum absolute atomic E-state index is 13.5. The van der Waals surface area contributed by atoms with Gasteiger partial charge in [0.05, 0.1) is 31.0 Å². The molecule has 0 saturated carbocycles. The van der Waals surface area contributed by atoms with Crippen LogP contribution in [0.2, 0.25) is 0 Å². The molecule has 1 N–H and O–H groups in total. The van der Waals surface area contributed by atoms with E-state index in [0.29, 0.717) is 30.0 Å². The summed E-state index contributed by atoms with van der Waals surface area (Å²) in [7, 11) is 1.62. The Bertz CT molecular complexity index is 1250. The number of fused-ring (bicyclic) bond motifs is 1. The van der Waals surface area contributed by atoms with Crippen molar-refractivity contribution in [3.8, 4) is 28.4 Å². The van der Waals surface area contributed by atoms with Crippen molar-refractivity contribution in [3.05, 3.63) is 96.2 Å². The number of amides is 1. The Kier molecular flexibility index (Phi) is 5.34. The number of para-hydroxylation sites is 3. The quantitative estimate of drug-likeness (QED) is 0.499. The number of methoxy groups -OCH3 is 1. The molecule has 2 heterocycles. The van der Waals surface area contributed by atoms with Crippen molar-refractivity contribution in [1.82, 2.24) is 15.1 Å². The van der Waals surface area contributed by atoms with E-state index in [9.17, 15) is 4.79 Å². The van der Waals surface area contributed by atoms with Crippen LogP contribution in [0.25, 0.3) is 16.9 Å². The number of nitrogens with one attached hydrogen (secondary N) is 1. The summed E-state index contributed by atoms with van der Waals surface area (Å²) in [6.45, 7) is 0.560. The molecule has 4 aromatic rings. The smallest absolute Gasteiger partial charge is 0.255 e. The Labute approximate surface area is 186 Å². The molecule has 0 saturated heterocycles. The van der Waals surface area contributed by atoms with E-state index < -0.39 is 0 Å². The van der Waals surface area contributed by atoms with Gasteiger partial charge in [-0.2, -0.15) is 5.10 Å². The molecule has 3 aromatic carbocycles. The molecular weight excluding hydrogens is 402 g/mol. The molecule has 0 fully saturated rings. The second kappa shape index (κ2) is 8.59. The van der Waals surface area contributed by atoms with E-state index in [0.717, 1.165) is 22.6 Å². The predicted molar refractivity (Wildman–Crippen MR) is 122 cm³/mol. The molecule has 32 heavy (non-hydrogen) atoms. The minimum atomic E-state index is -0.185. The summed E-state index contributed by atoms with van der Waals surface area (Å²) in [6, 6.07) is 25.0. The third kappa shape index (κ3) is 3.71. The van der Waals surface area contributed by atoms with Crippen molar-refractivity contribution in [2.24, 2.45) is 0 Å². The normalized spacial score (nSPS) is 14.8. The molecule has 0 bridgehead atoms. The molecule has 1 aliphatic heterocycles. The highest BCUT2D eigenvalue weighted by atomic mass is 16.5. The third-order valence-electron chi connectivity index (χ3n) is 5.61. The van der Waals surface area contributed by atoms with Gasteiger partial charge in [0, 0.05) is 23.7 Å². The van der Waals surface area contributed by atoms with E-state index in [2.05, 4.69) is 5.32 Å². The van der Waals surface area contributed by atoms with Crippen LogP contribution in [0.4, 0.5) is 0 Å². The highest BCUT2D eigenvalue weighted by molar-refractivity contribution is 6.00. The van der Waals surface area contributed by atoms with Gasteiger partial charge in [-0.05, 0) is 30.3 Å². The topological polar surface area (TPSA) is 65.4 Å². The number of ether oxygens (including phenoxy) is 2. The monoisotopic (exact) mass is 425 g/mol. The van der Waals surface area contributed by atoms with Crippen LogP contribution in [-0.4, -0.2) is 29.4 Å². The molecule has 0 spiro atoms. The van der Waals surface area contributed by atoms with Crippen LogP contribution in [0.1, 0.15) is 28.4 Å². The average Bonchev–Trinajstić information content (AvgIpc) is 3.30. The van der Waals surface area contributed by atoms with Gasteiger partial charge in [0.15, 0.2) is 0 Å². The third-order valence-corrected chi connectivity index (χ3v) is 5.61. The second-order valence-electron chi connectivity index (χ2n) is 7.57. The van der Waals surface area contributed by atoms with E-state index in [1.54, 1.807) is 18.0 Å². The predicted octanol–water partition coefficient (Wildman–Crippen LogP) is 4.80. The largest absolute Gasteiger partial charge is 0.496 e. The molecule has 1 atom stereocenters. The van der Waals surface area contributed by atoms with Gasteiger partial charge < -0.3 is 14.8 Å². The number of benzene rings is 3. The van der Waals surface area contributed by atoms with Crippen LogP contribution in [-0.2, 0) is 0 Å². The van der Waals surface area contributed by atoms with Crippen molar-refractivity contribution >= 4 is 5.91 Å². The highest BCUT2D eigenvalue weighted by Gasteiger charge is 2.26. The van der Waals surface area contributed by atoms with Crippen molar-refractivity contribution in [2.75, 3.05) is 13.7 Å². The maximum atomic E-state index is 13.5. The lowest BCUT2D eigenvalue weighted by Gasteiger charge is -2.26. The van der Waals surface area contributed by atoms with Crippen molar-refractivity contribution in [2.45, 2.75) is 12.5 Å².